The van der Waals surface area contributed by atoms with E-state index < -0.39 is 5.92 Å². The normalized spacial score (nSPS) is 15.1. The predicted octanol–water partition coefficient (Wildman–Crippen LogP) is 3.82. The molecule has 4 rings (SSSR count). The van der Waals surface area contributed by atoms with Crippen LogP contribution in [0.2, 0.25) is 0 Å². The second-order valence-electron chi connectivity index (χ2n) is 7.34. The van der Waals surface area contributed by atoms with Crippen LogP contribution in [0.25, 0.3) is 0 Å². The summed E-state index contributed by atoms with van der Waals surface area (Å²) >= 11 is 0. The molecule has 2 heterocycles. The van der Waals surface area contributed by atoms with Crippen LogP contribution in [0.1, 0.15) is 35.2 Å². The number of rotatable bonds is 5. The predicted molar refractivity (Wildman–Crippen MR) is 118 cm³/mol. The van der Waals surface area contributed by atoms with E-state index in [9.17, 15) is 10.1 Å². The Labute approximate surface area is 180 Å². The number of pyridine rings is 1. The molecule has 156 valence electrons. The number of benzene rings is 2. The Morgan fingerprint density at radius 3 is 2.58 bits per heavy atom. The number of nitrogens with two attached hydrogens (primary N) is 1. The van der Waals surface area contributed by atoms with E-state index in [2.05, 4.69) is 6.07 Å². The number of hydrogen-bond donors (Lipinski definition) is 1. The average Bonchev–Trinajstić information content (AvgIpc) is 2.77. The Bertz CT molecular complexity index is 1250. The highest BCUT2D eigenvalue weighted by Gasteiger charge is 2.35. The second-order valence-corrected chi connectivity index (χ2v) is 7.34. The maximum absolute atomic E-state index is 13.7. The maximum atomic E-state index is 13.7. The first-order valence-electron chi connectivity index (χ1n) is 10.1. The van der Waals surface area contributed by atoms with Gasteiger partial charge in [0.15, 0.2) is 0 Å². The van der Waals surface area contributed by atoms with Crippen LogP contribution >= 0.6 is 0 Å². The SMILES string of the molecule is CCOc1ccccc1C1C(C#N)=C(N)Oc2cc(C)n(Cc3ccccc3)c(=O)c21. The van der Waals surface area contributed by atoms with Gasteiger partial charge in [0.05, 0.1) is 24.6 Å². The van der Waals surface area contributed by atoms with Crippen LogP contribution in [-0.2, 0) is 6.54 Å². The minimum atomic E-state index is -0.674. The fraction of sp³-hybridized carbons (Fsp3) is 0.200. The monoisotopic (exact) mass is 413 g/mol. The van der Waals surface area contributed by atoms with Gasteiger partial charge in [0.2, 0.25) is 5.88 Å². The Morgan fingerprint density at radius 1 is 1.16 bits per heavy atom. The van der Waals surface area contributed by atoms with Gasteiger partial charge in [-0.15, -0.1) is 0 Å². The lowest BCUT2D eigenvalue weighted by molar-refractivity contribution is 0.334. The second kappa shape index (κ2) is 8.41. The van der Waals surface area contributed by atoms with Gasteiger partial charge in [-0.2, -0.15) is 5.26 Å². The number of allylic oxidation sites excluding steroid dienone is 1. The van der Waals surface area contributed by atoms with Crippen LogP contribution in [0.3, 0.4) is 0 Å². The lowest BCUT2D eigenvalue weighted by atomic mass is 9.83. The number of fused-ring (bicyclic) bond motifs is 1. The number of nitriles is 1. The van der Waals surface area contributed by atoms with E-state index in [-0.39, 0.29) is 17.0 Å². The summed E-state index contributed by atoms with van der Waals surface area (Å²) in [5, 5.41) is 9.87. The molecular formula is C25H23N3O3. The quantitative estimate of drug-likeness (QED) is 0.687. The molecule has 1 unspecified atom stereocenters. The zero-order valence-electron chi connectivity index (χ0n) is 17.5. The van der Waals surface area contributed by atoms with Crippen LogP contribution < -0.4 is 20.8 Å². The van der Waals surface area contributed by atoms with Gasteiger partial charge in [-0.3, -0.25) is 4.79 Å². The zero-order valence-corrected chi connectivity index (χ0v) is 17.5. The molecule has 6 heteroatoms. The fourth-order valence-corrected chi connectivity index (χ4v) is 3.97. The Balaban J connectivity index is 1.95. The van der Waals surface area contributed by atoms with Gasteiger partial charge in [0, 0.05) is 17.3 Å². The topological polar surface area (TPSA) is 90.3 Å². The summed E-state index contributed by atoms with van der Waals surface area (Å²) in [6.07, 6.45) is 0. The molecule has 31 heavy (non-hydrogen) atoms. The van der Waals surface area contributed by atoms with Crippen LogP contribution in [0.5, 0.6) is 11.5 Å². The van der Waals surface area contributed by atoms with Crippen molar-refractivity contribution in [2.75, 3.05) is 6.61 Å². The molecule has 1 aliphatic rings. The minimum absolute atomic E-state index is 0.00547. The van der Waals surface area contributed by atoms with E-state index in [0.717, 1.165) is 11.3 Å². The van der Waals surface area contributed by atoms with Crippen molar-refractivity contribution >= 4 is 0 Å². The molecule has 0 saturated carbocycles. The molecule has 0 amide bonds. The third kappa shape index (κ3) is 3.66. The van der Waals surface area contributed by atoms with Crippen LogP contribution in [0, 0.1) is 18.3 Å². The molecule has 1 atom stereocenters. The number of nitrogens with zero attached hydrogens (tertiary/aromatic N) is 2. The van der Waals surface area contributed by atoms with Gasteiger partial charge in [-0.05, 0) is 25.5 Å². The summed E-state index contributed by atoms with van der Waals surface area (Å²) < 4.78 is 13.2. The number of para-hydroxylation sites is 1. The first-order chi connectivity index (χ1) is 15.0. The molecule has 0 radical (unpaired) electrons. The summed E-state index contributed by atoms with van der Waals surface area (Å²) in [6.45, 7) is 4.62. The molecule has 6 nitrogen and oxygen atoms in total. The minimum Gasteiger partial charge on any atom is -0.494 e. The summed E-state index contributed by atoms with van der Waals surface area (Å²) in [5.74, 6) is 0.315. The highest BCUT2D eigenvalue weighted by Crippen LogP contribution is 2.43. The van der Waals surface area contributed by atoms with E-state index in [4.69, 9.17) is 15.2 Å². The largest absolute Gasteiger partial charge is 0.494 e. The highest BCUT2D eigenvalue weighted by molar-refractivity contribution is 5.58. The Morgan fingerprint density at radius 2 is 1.87 bits per heavy atom. The van der Waals surface area contributed by atoms with Crippen molar-refractivity contribution in [2.45, 2.75) is 26.3 Å². The molecule has 0 saturated heterocycles. The summed E-state index contributed by atoms with van der Waals surface area (Å²) in [6, 6.07) is 21.1. The van der Waals surface area contributed by atoms with E-state index in [0.29, 0.717) is 35.8 Å². The standard InChI is InChI=1S/C25H23N3O3/c1-3-30-20-12-8-7-11-18(20)22-19(14-26)24(27)31-21-13-16(2)28(25(29)23(21)22)15-17-9-5-4-6-10-17/h4-13,22H,3,15,27H2,1-2H3. The molecule has 1 aliphatic heterocycles. The van der Waals surface area contributed by atoms with Gasteiger partial charge in [-0.25, -0.2) is 0 Å². The Kier molecular flexibility index (Phi) is 5.50. The lowest BCUT2D eigenvalue weighted by Gasteiger charge is -2.28. The molecule has 0 fully saturated rings. The molecule has 2 N–H and O–H groups in total. The molecule has 1 aromatic heterocycles. The maximum Gasteiger partial charge on any atom is 0.259 e. The molecule has 2 aromatic carbocycles. The van der Waals surface area contributed by atoms with Crippen molar-refractivity contribution in [3.05, 3.63) is 105 Å². The summed E-state index contributed by atoms with van der Waals surface area (Å²) in [7, 11) is 0. The number of ether oxygens (including phenoxy) is 2. The van der Waals surface area contributed by atoms with Crippen LogP contribution in [-0.4, -0.2) is 11.2 Å². The van der Waals surface area contributed by atoms with E-state index in [1.165, 1.54) is 0 Å². The molecule has 0 bridgehead atoms. The highest BCUT2D eigenvalue weighted by atomic mass is 16.5. The molecule has 0 aliphatic carbocycles. The van der Waals surface area contributed by atoms with Gasteiger partial charge in [0.25, 0.3) is 5.56 Å². The summed E-state index contributed by atoms with van der Waals surface area (Å²) in [5.41, 5.74) is 8.94. The number of aromatic nitrogens is 1. The van der Waals surface area contributed by atoms with Gasteiger partial charge in [0.1, 0.15) is 23.1 Å². The number of aryl methyl sites for hydroxylation is 1. The third-order valence-corrected chi connectivity index (χ3v) is 5.40. The van der Waals surface area contributed by atoms with Gasteiger partial charge < -0.3 is 19.8 Å². The van der Waals surface area contributed by atoms with E-state index >= 15 is 0 Å². The average molecular weight is 413 g/mol. The molecule has 0 spiro atoms. The van der Waals surface area contributed by atoms with Crippen LogP contribution in [0.4, 0.5) is 0 Å². The van der Waals surface area contributed by atoms with Crippen molar-refractivity contribution in [3.8, 4) is 17.6 Å². The molecular weight excluding hydrogens is 390 g/mol. The van der Waals surface area contributed by atoms with Gasteiger partial charge in [-0.1, -0.05) is 48.5 Å². The first kappa shape index (κ1) is 20.3. The fourth-order valence-electron chi connectivity index (χ4n) is 3.97. The first-order valence-corrected chi connectivity index (χ1v) is 10.1. The summed E-state index contributed by atoms with van der Waals surface area (Å²) in [4.78, 5) is 13.7. The van der Waals surface area contributed by atoms with E-state index in [1.54, 1.807) is 10.6 Å². The lowest BCUT2D eigenvalue weighted by Crippen LogP contribution is -2.33. The van der Waals surface area contributed by atoms with Crippen molar-refractivity contribution in [2.24, 2.45) is 5.73 Å². The van der Waals surface area contributed by atoms with Crippen molar-refractivity contribution in [3.63, 3.8) is 0 Å². The zero-order chi connectivity index (χ0) is 22.0. The Hall–Kier alpha value is -3.98. The van der Waals surface area contributed by atoms with Gasteiger partial charge >= 0.3 is 0 Å². The van der Waals surface area contributed by atoms with E-state index in [1.807, 2.05) is 68.4 Å². The molecule has 3 aromatic rings. The number of hydrogen-bond acceptors (Lipinski definition) is 5. The smallest absolute Gasteiger partial charge is 0.259 e. The van der Waals surface area contributed by atoms with Crippen molar-refractivity contribution in [1.29, 1.82) is 5.26 Å². The van der Waals surface area contributed by atoms with Crippen LogP contribution in [0.15, 0.2) is 76.9 Å². The third-order valence-electron chi connectivity index (χ3n) is 5.40. The van der Waals surface area contributed by atoms with Crippen molar-refractivity contribution in [1.82, 2.24) is 4.57 Å². The van der Waals surface area contributed by atoms with Crippen molar-refractivity contribution < 1.29 is 9.47 Å².